The number of methoxy groups -OCH3 is 1. The molecule has 3 aromatic carbocycles. The molecule has 0 saturated heterocycles. The van der Waals surface area contributed by atoms with Crippen LogP contribution in [0.4, 0.5) is 11.4 Å². The van der Waals surface area contributed by atoms with E-state index in [1.165, 1.54) is 49.6 Å². The van der Waals surface area contributed by atoms with Gasteiger partial charge in [-0.1, -0.05) is 41.4 Å². The summed E-state index contributed by atoms with van der Waals surface area (Å²) >= 11 is 6.31. The average molecular weight is 566 g/mol. The van der Waals surface area contributed by atoms with Crippen LogP contribution >= 0.6 is 11.6 Å². The van der Waals surface area contributed by atoms with Gasteiger partial charge in [0.15, 0.2) is 0 Å². The maximum Gasteiger partial charge on any atom is 0.264 e. The number of benzene rings is 3. The van der Waals surface area contributed by atoms with E-state index in [0.29, 0.717) is 0 Å². The number of anilines is 2. The first-order chi connectivity index (χ1) is 17.3. The minimum Gasteiger partial charge on any atom is -0.495 e. The van der Waals surface area contributed by atoms with Crippen LogP contribution in [0.5, 0.6) is 5.75 Å². The molecule has 0 aliphatic carbocycles. The first-order valence-corrected chi connectivity index (χ1v) is 14.5. The summed E-state index contributed by atoms with van der Waals surface area (Å²) in [5.41, 5.74) is 1.05. The second kappa shape index (κ2) is 11.5. The number of halogens is 1. The largest absolute Gasteiger partial charge is 0.495 e. The number of hydrogen-bond acceptors (Lipinski definition) is 6. The Bertz CT molecular complexity index is 1490. The lowest BCUT2D eigenvalue weighted by molar-refractivity contribution is -0.114. The molecule has 0 aliphatic heterocycles. The third-order valence-corrected chi connectivity index (χ3v) is 8.91. The van der Waals surface area contributed by atoms with Crippen molar-refractivity contribution in [1.29, 1.82) is 0 Å². The summed E-state index contributed by atoms with van der Waals surface area (Å²) in [6.07, 6.45) is 0. The van der Waals surface area contributed by atoms with Gasteiger partial charge >= 0.3 is 0 Å². The lowest BCUT2D eigenvalue weighted by Crippen LogP contribution is -2.38. The zero-order valence-electron chi connectivity index (χ0n) is 20.7. The Morgan fingerprint density at radius 1 is 0.973 bits per heavy atom. The van der Waals surface area contributed by atoms with Crippen molar-refractivity contribution < 1.29 is 26.4 Å². The van der Waals surface area contributed by atoms with Gasteiger partial charge in [-0.05, 0) is 63.2 Å². The first kappa shape index (κ1) is 28.5. The molecule has 2 N–H and O–H groups in total. The molecule has 0 fully saturated rings. The molecule has 37 heavy (non-hydrogen) atoms. The van der Waals surface area contributed by atoms with Gasteiger partial charge in [-0.2, -0.15) is 0 Å². The monoisotopic (exact) mass is 565 g/mol. The number of nitrogens with zero attached hydrogens (tertiary/aromatic N) is 1. The van der Waals surface area contributed by atoms with Gasteiger partial charge in [0.25, 0.3) is 10.0 Å². The highest BCUT2D eigenvalue weighted by atomic mass is 35.5. The van der Waals surface area contributed by atoms with Gasteiger partial charge in [0, 0.05) is 6.04 Å². The zero-order chi connectivity index (χ0) is 27.4. The van der Waals surface area contributed by atoms with Crippen molar-refractivity contribution in [3.8, 4) is 5.75 Å². The third kappa shape index (κ3) is 6.80. The van der Waals surface area contributed by atoms with Crippen LogP contribution in [0.2, 0.25) is 5.02 Å². The number of sulfonamides is 2. The van der Waals surface area contributed by atoms with Crippen molar-refractivity contribution in [2.24, 2.45) is 0 Å². The van der Waals surface area contributed by atoms with Gasteiger partial charge < -0.3 is 10.1 Å². The molecular formula is C25H28ClN3O6S2. The first-order valence-electron chi connectivity index (χ1n) is 11.2. The fourth-order valence-corrected chi connectivity index (χ4v) is 6.45. The summed E-state index contributed by atoms with van der Waals surface area (Å²) in [5, 5.41) is 2.71. The molecule has 198 valence electrons. The summed E-state index contributed by atoms with van der Waals surface area (Å²) in [5.74, 6) is -0.539. The van der Waals surface area contributed by atoms with E-state index in [0.717, 1.165) is 9.87 Å². The van der Waals surface area contributed by atoms with Crippen LogP contribution in [-0.4, -0.2) is 42.4 Å². The number of nitrogens with one attached hydrogen (secondary N) is 2. The number of rotatable bonds is 10. The van der Waals surface area contributed by atoms with Crippen LogP contribution in [0.1, 0.15) is 19.4 Å². The number of ether oxygens (including phenoxy) is 1. The Morgan fingerprint density at radius 2 is 1.59 bits per heavy atom. The van der Waals surface area contributed by atoms with E-state index >= 15 is 0 Å². The molecule has 12 heteroatoms. The third-order valence-electron chi connectivity index (χ3n) is 5.16. The predicted octanol–water partition coefficient (Wildman–Crippen LogP) is 4.18. The van der Waals surface area contributed by atoms with E-state index in [1.54, 1.807) is 38.1 Å². The molecule has 0 heterocycles. The summed E-state index contributed by atoms with van der Waals surface area (Å²) in [6.45, 7) is 4.56. The van der Waals surface area contributed by atoms with Gasteiger partial charge in [-0.3, -0.25) is 9.10 Å². The smallest absolute Gasteiger partial charge is 0.264 e. The highest BCUT2D eigenvalue weighted by Gasteiger charge is 2.29. The molecule has 0 aromatic heterocycles. The van der Waals surface area contributed by atoms with E-state index in [-0.39, 0.29) is 38.0 Å². The molecule has 0 spiro atoms. The molecule has 0 radical (unpaired) electrons. The Hall–Kier alpha value is -3.12. The molecule has 0 aliphatic rings. The molecule has 3 rings (SSSR count). The van der Waals surface area contributed by atoms with Crippen molar-refractivity contribution in [3.63, 3.8) is 0 Å². The number of carbonyl (C=O) groups is 1. The van der Waals surface area contributed by atoms with Gasteiger partial charge in [-0.15, -0.1) is 0 Å². The zero-order valence-corrected chi connectivity index (χ0v) is 23.1. The van der Waals surface area contributed by atoms with Crippen LogP contribution in [0.25, 0.3) is 0 Å². The summed E-state index contributed by atoms with van der Waals surface area (Å²) in [4.78, 5) is 13.1. The Morgan fingerprint density at radius 3 is 2.19 bits per heavy atom. The average Bonchev–Trinajstić information content (AvgIpc) is 2.82. The van der Waals surface area contributed by atoms with E-state index in [2.05, 4.69) is 10.0 Å². The van der Waals surface area contributed by atoms with E-state index in [9.17, 15) is 21.6 Å². The molecule has 0 atom stereocenters. The van der Waals surface area contributed by atoms with Crippen molar-refractivity contribution in [1.82, 2.24) is 4.72 Å². The van der Waals surface area contributed by atoms with Gasteiger partial charge in [0.2, 0.25) is 15.9 Å². The number of para-hydroxylation sites is 1. The van der Waals surface area contributed by atoms with E-state index in [4.69, 9.17) is 16.3 Å². The maximum absolute atomic E-state index is 13.6. The molecule has 3 aromatic rings. The predicted molar refractivity (Wildman–Crippen MR) is 144 cm³/mol. The van der Waals surface area contributed by atoms with Crippen molar-refractivity contribution >= 4 is 48.9 Å². The molecular weight excluding hydrogens is 538 g/mol. The second-order valence-electron chi connectivity index (χ2n) is 8.46. The quantitative estimate of drug-likeness (QED) is 0.380. The molecule has 9 nitrogen and oxygen atoms in total. The summed E-state index contributed by atoms with van der Waals surface area (Å²) < 4.78 is 61.0. The Kier molecular flexibility index (Phi) is 8.85. The number of carbonyl (C=O) groups excluding carboxylic acids is 1. The lowest BCUT2D eigenvalue weighted by atomic mass is 10.2. The number of amides is 1. The van der Waals surface area contributed by atoms with Gasteiger partial charge in [0.05, 0.1) is 33.3 Å². The second-order valence-corrected chi connectivity index (χ2v) is 12.4. The van der Waals surface area contributed by atoms with Gasteiger partial charge in [0.1, 0.15) is 12.3 Å². The summed E-state index contributed by atoms with van der Waals surface area (Å²) in [6, 6.07) is 16.1. The topological polar surface area (TPSA) is 122 Å². The number of hydrogen-bond donors (Lipinski definition) is 2. The fourth-order valence-electron chi connectivity index (χ4n) is 3.44. The Labute approximate surface area is 222 Å². The van der Waals surface area contributed by atoms with Crippen LogP contribution in [-0.2, 0) is 24.8 Å². The SMILES string of the molecule is COc1ccc(S(=O)(=O)NC(C)C)cc1NC(=O)CN(c1ccccc1Cl)S(=O)(=O)c1ccc(C)cc1. The standard InChI is InChI=1S/C25H28ClN3O6S2/c1-17(2)28-36(31,32)20-13-14-24(35-4)22(15-20)27-25(30)16-29(23-8-6-5-7-21(23)26)37(33,34)19-11-9-18(3)10-12-19/h5-15,17,28H,16H2,1-4H3,(H,27,30). The molecule has 1 amide bonds. The normalized spacial score (nSPS) is 11.8. The summed E-state index contributed by atoms with van der Waals surface area (Å²) in [7, 11) is -6.68. The van der Waals surface area contributed by atoms with Gasteiger partial charge in [-0.25, -0.2) is 21.6 Å². The minimum absolute atomic E-state index is 0.0174. The minimum atomic E-state index is -4.19. The van der Waals surface area contributed by atoms with Crippen LogP contribution in [0, 0.1) is 6.92 Å². The van der Waals surface area contributed by atoms with Crippen LogP contribution in [0.15, 0.2) is 76.5 Å². The van der Waals surface area contributed by atoms with E-state index in [1.807, 2.05) is 6.92 Å². The molecule has 0 unspecified atom stereocenters. The Balaban J connectivity index is 1.99. The van der Waals surface area contributed by atoms with Crippen molar-refractivity contribution in [2.45, 2.75) is 36.6 Å². The fraction of sp³-hybridized carbons (Fsp3) is 0.240. The molecule has 0 saturated carbocycles. The lowest BCUT2D eigenvalue weighted by Gasteiger charge is -2.25. The van der Waals surface area contributed by atoms with E-state index < -0.39 is 32.5 Å². The maximum atomic E-state index is 13.6. The van der Waals surface area contributed by atoms with Crippen LogP contribution < -0.4 is 19.1 Å². The van der Waals surface area contributed by atoms with Crippen molar-refractivity contribution in [2.75, 3.05) is 23.3 Å². The number of aryl methyl sites for hydroxylation is 1. The van der Waals surface area contributed by atoms with Crippen molar-refractivity contribution in [3.05, 3.63) is 77.3 Å². The highest BCUT2D eigenvalue weighted by molar-refractivity contribution is 7.93. The molecule has 0 bridgehead atoms. The highest BCUT2D eigenvalue weighted by Crippen LogP contribution is 2.31. The van der Waals surface area contributed by atoms with Crippen LogP contribution in [0.3, 0.4) is 0 Å².